The molecule has 0 bridgehead atoms. The lowest BCUT2D eigenvalue weighted by Gasteiger charge is -2.23. The fourth-order valence-electron chi connectivity index (χ4n) is 2.12. The number of hydrogen-bond acceptors (Lipinski definition) is 3. The van der Waals surface area contributed by atoms with Crippen LogP contribution in [0.5, 0.6) is 0 Å². The summed E-state index contributed by atoms with van der Waals surface area (Å²) in [5.41, 5.74) is 0.944. The molecule has 0 radical (unpaired) electrons. The molecular weight excluding hydrogens is 188 g/mol. The summed E-state index contributed by atoms with van der Waals surface area (Å²) in [4.78, 5) is 6.68. The van der Waals surface area contributed by atoms with Gasteiger partial charge in [-0.3, -0.25) is 0 Å². The minimum atomic E-state index is -0.412. The maximum atomic E-state index is 9.51. The first-order valence-electron chi connectivity index (χ1n) is 5.59. The number of aliphatic hydroxyl groups excluding tert-OH is 1. The van der Waals surface area contributed by atoms with Gasteiger partial charge in [0, 0.05) is 18.8 Å². The van der Waals surface area contributed by atoms with Crippen LogP contribution in [-0.2, 0) is 0 Å². The number of nitrogens with zero attached hydrogens (tertiary/aromatic N) is 2. The summed E-state index contributed by atoms with van der Waals surface area (Å²) in [5.74, 6) is 0.999. The van der Waals surface area contributed by atoms with E-state index in [0.29, 0.717) is 6.04 Å². The molecule has 82 valence electrons. The average molecular weight is 206 g/mol. The molecule has 0 amide bonds. The molecule has 2 rings (SSSR count). The first-order chi connectivity index (χ1) is 7.18. The molecule has 2 atom stereocenters. The molecule has 15 heavy (non-hydrogen) atoms. The second-order valence-electron chi connectivity index (χ2n) is 4.31. The Morgan fingerprint density at radius 2 is 2.40 bits per heavy atom. The monoisotopic (exact) mass is 206 g/mol. The highest BCUT2D eigenvalue weighted by Gasteiger charge is 2.21. The number of anilines is 1. The van der Waals surface area contributed by atoms with Crippen molar-refractivity contribution < 1.29 is 5.11 Å². The Kier molecular flexibility index (Phi) is 2.91. The standard InChI is InChI=1S/C12H18N2O/c1-9-4-3-7-14(9)12-8-11(10(2)15)5-6-13-12/h5-6,8-10,15H,3-4,7H2,1-2H3/t9?,10-/m1/s1. The van der Waals surface area contributed by atoms with Crippen molar-refractivity contribution in [1.82, 2.24) is 4.98 Å². The highest BCUT2D eigenvalue weighted by Crippen LogP contribution is 2.25. The van der Waals surface area contributed by atoms with Crippen molar-refractivity contribution in [3.8, 4) is 0 Å². The molecule has 1 aliphatic heterocycles. The van der Waals surface area contributed by atoms with E-state index in [9.17, 15) is 5.11 Å². The van der Waals surface area contributed by atoms with E-state index >= 15 is 0 Å². The molecule has 1 aromatic rings. The van der Waals surface area contributed by atoms with Crippen molar-refractivity contribution in [2.45, 2.75) is 38.8 Å². The Hall–Kier alpha value is -1.09. The van der Waals surface area contributed by atoms with E-state index in [1.165, 1.54) is 12.8 Å². The van der Waals surface area contributed by atoms with E-state index in [-0.39, 0.29) is 0 Å². The van der Waals surface area contributed by atoms with E-state index in [4.69, 9.17) is 0 Å². The number of pyridine rings is 1. The van der Waals surface area contributed by atoms with Gasteiger partial charge in [-0.15, -0.1) is 0 Å². The molecule has 0 aromatic carbocycles. The van der Waals surface area contributed by atoms with Gasteiger partial charge in [-0.25, -0.2) is 4.98 Å². The van der Waals surface area contributed by atoms with Gasteiger partial charge in [-0.1, -0.05) is 0 Å². The largest absolute Gasteiger partial charge is 0.389 e. The summed E-state index contributed by atoms with van der Waals surface area (Å²) < 4.78 is 0. The maximum absolute atomic E-state index is 9.51. The summed E-state index contributed by atoms with van der Waals surface area (Å²) in [6, 6.07) is 4.43. The average Bonchev–Trinajstić information content (AvgIpc) is 2.64. The van der Waals surface area contributed by atoms with Crippen LogP contribution in [0.4, 0.5) is 5.82 Å². The van der Waals surface area contributed by atoms with E-state index in [1.54, 1.807) is 13.1 Å². The zero-order chi connectivity index (χ0) is 10.8. The van der Waals surface area contributed by atoms with E-state index in [1.807, 2.05) is 12.1 Å². The van der Waals surface area contributed by atoms with Crippen LogP contribution < -0.4 is 4.90 Å². The summed E-state index contributed by atoms with van der Waals surface area (Å²) in [7, 11) is 0. The van der Waals surface area contributed by atoms with Gasteiger partial charge in [0.25, 0.3) is 0 Å². The predicted molar refractivity (Wildman–Crippen MR) is 60.9 cm³/mol. The summed E-state index contributed by atoms with van der Waals surface area (Å²) in [6.07, 6.45) is 3.84. The van der Waals surface area contributed by atoms with Crippen LogP contribution in [0, 0.1) is 0 Å². The Bertz CT molecular complexity index is 338. The van der Waals surface area contributed by atoms with Gasteiger partial charge < -0.3 is 10.0 Å². The van der Waals surface area contributed by atoms with Crippen molar-refractivity contribution >= 4 is 5.82 Å². The first kappa shape index (κ1) is 10.4. The third kappa shape index (κ3) is 2.12. The van der Waals surface area contributed by atoms with Gasteiger partial charge in [0.2, 0.25) is 0 Å². The van der Waals surface area contributed by atoms with Crippen molar-refractivity contribution in [1.29, 1.82) is 0 Å². The molecule has 1 aliphatic rings. The molecule has 3 nitrogen and oxygen atoms in total. The number of hydrogen-bond donors (Lipinski definition) is 1. The molecule has 3 heteroatoms. The highest BCUT2D eigenvalue weighted by atomic mass is 16.3. The fourth-order valence-corrected chi connectivity index (χ4v) is 2.12. The molecule has 0 saturated carbocycles. The molecule has 1 aromatic heterocycles. The molecule has 0 spiro atoms. The quantitative estimate of drug-likeness (QED) is 0.805. The number of aliphatic hydroxyl groups is 1. The lowest BCUT2D eigenvalue weighted by Crippen LogP contribution is -2.27. The van der Waals surface area contributed by atoms with Crippen LogP contribution in [0.3, 0.4) is 0 Å². The Balaban J connectivity index is 2.24. The minimum absolute atomic E-state index is 0.412. The third-order valence-corrected chi connectivity index (χ3v) is 3.10. The van der Waals surface area contributed by atoms with Crippen LogP contribution in [0.25, 0.3) is 0 Å². The SMILES string of the molecule is CC1CCCN1c1cc([C@@H](C)O)ccn1. The molecule has 1 N–H and O–H groups in total. The van der Waals surface area contributed by atoms with Crippen molar-refractivity contribution in [2.24, 2.45) is 0 Å². The summed E-state index contributed by atoms with van der Waals surface area (Å²) in [6.45, 7) is 5.09. The van der Waals surface area contributed by atoms with Crippen molar-refractivity contribution in [2.75, 3.05) is 11.4 Å². The molecule has 1 saturated heterocycles. The Morgan fingerprint density at radius 3 is 3.00 bits per heavy atom. The van der Waals surface area contributed by atoms with Gasteiger partial charge in [0.05, 0.1) is 6.10 Å². The molecule has 1 fully saturated rings. The molecule has 1 unspecified atom stereocenters. The van der Waals surface area contributed by atoms with Crippen molar-refractivity contribution in [3.63, 3.8) is 0 Å². The van der Waals surface area contributed by atoms with Crippen LogP contribution in [0.1, 0.15) is 38.4 Å². The van der Waals surface area contributed by atoms with Crippen LogP contribution >= 0.6 is 0 Å². The van der Waals surface area contributed by atoms with Crippen molar-refractivity contribution in [3.05, 3.63) is 23.9 Å². The highest BCUT2D eigenvalue weighted by molar-refractivity contribution is 5.43. The van der Waals surface area contributed by atoms with Crippen LogP contribution in [0.2, 0.25) is 0 Å². The van der Waals surface area contributed by atoms with Gasteiger partial charge >= 0.3 is 0 Å². The predicted octanol–water partition coefficient (Wildman–Crippen LogP) is 2.12. The third-order valence-electron chi connectivity index (χ3n) is 3.10. The number of aromatic nitrogens is 1. The van der Waals surface area contributed by atoms with E-state index in [0.717, 1.165) is 17.9 Å². The summed E-state index contributed by atoms with van der Waals surface area (Å²) >= 11 is 0. The van der Waals surface area contributed by atoms with Gasteiger partial charge in [-0.2, -0.15) is 0 Å². The lowest BCUT2D eigenvalue weighted by atomic mass is 10.1. The molecular formula is C12H18N2O. The van der Waals surface area contributed by atoms with Gasteiger partial charge in [0.15, 0.2) is 0 Å². The fraction of sp³-hybridized carbons (Fsp3) is 0.583. The second-order valence-corrected chi connectivity index (χ2v) is 4.31. The normalized spacial score (nSPS) is 23.1. The first-order valence-corrected chi connectivity index (χ1v) is 5.59. The zero-order valence-corrected chi connectivity index (χ0v) is 9.35. The van der Waals surface area contributed by atoms with Crippen LogP contribution in [0.15, 0.2) is 18.3 Å². The number of rotatable bonds is 2. The van der Waals surface area contributed by atoms with Crippen LogP contribution in [-0.4, -0.2) is 22.7 Å². The van der Waals surface area contributed by atoms with E-state index in [2.05, 4.69) is 16.8 Å². The Morgan fingerprint density at radius 1 is 1.60 bits per heavy atom. The molecule has 2 heterocycles. The maximum Gasteiger partial charge on any atom is 0.129 e. The second kappa shape index (κ2) is 4.19. The van der Waals surface area contributed by atoms with Gasteiger partial charge in [-0.05, 0) is 44.4 Å². The topological polar surface area (TPSA) is 36.4 Å². The summed E-state index contributed by atoms with van der Waals surface area (Å²) in [5, 5.41) is 9.51. The smallest absolute Gasteiger partial charge is 0.129 e. The van der Waals surface area contributed by atoms with E-state index < -0.39 is 6.10 Å². The lowest BCUT2D eigenvalue weighted by molar-refractivity contribution is 0.199. The minimum Gasteiger partial charge on any atom is -0.389 e. The zero-order valence-electron chi connectivity index (χ0n) is 9.35. The molecule has 0 aliphatic carbocycles. The Labute approximate surface area is 90.8 Å². The van der Waals surface area contributed by atoms with Gasteiger partial charge in [0.1, 0.15) is 5.82 Å².